The van der Waals surface area contributed by atoms with Crippen molar-refractivity contribution in [3.8, 4) is 27.9 Å². The van der Waals surface area contributed by atoms with Crippen molar-refractivity contribution in [2.45, 2.75) is 0 Å². The summed E-state index contributed by atoms with van der Waals surface area (Å²) < 4.78 is 5.08. The lowest BCUT2D eigenvalue weighted by Crippen LogP contribution is -2.11. The van der Waals surface area contributed by atoms with Crippen molar-refractivity contribution in [1.82, 2.24) is 4.57 Å². The molecule has 0 amide bonds. The van der Waals surface area contributed by atoms with Gasteiger partial charge in [-0.2, -0.15) is 0 Å². The zero-order chi connectivity index (χ0) is 36.3. The van der Waals surface area contributed by atoms with Crippen LogP contribution in [0.15, 0.2) is 206 Å². The van der Waals surface area contributed by atoms with Crippen molar-refractivity contribution in [3.63, 3.8) is 0 Å². The molecule has 11 aromatic rings. The van der Waals surface area contributed by atoms with Crippen LogP contribution in [0.4, 0.5) is 17.1 Å². The highest BCUT2D eigenvalue weighted by Crippen LogP contribution is 2.49. The number of hydrogen-bond donors (Lipinski definition) is 0. The maximum atomic E-state index is 2.47. The Morgan fingerprint density at radius 2 is 1.04 bits per heavy atom. The third-order valence-electron chi connectivity index (χ3n) is 11.0. The number of thiophene rings is 1. The predicted octanol–water partition coefficient (Wildman–Crippen LogP) is 15.1. The summed E-state index contributed by atoms with van der Waals surface area (Å²) >= 11 is 1.88. The molecule has 0 radical (unpaired) electrons. The van der Waals surface area contributed by atoms with Gasteiger partial charge in [0.2, 0.25) is 0 Å². The summed E-state index contributed by atoms with van der Waals surface area (Å²) in [5.74, 6) is 0. The van der Waals surface area contributed by atoms with Crippen LogP contribution in [0.3, 0.4) is 0 Å². The van der Waals surface area contributed by atoms with Gasteiger partial charge in [-0.15, -0.1) is 11.3 Å². The standard InChI is InChI=1S/C52H34N2S/c1-2-18-38(19-3-1)53(46-27-11-7-21-40(46)42-24-14-25-43-41-22-9-13-31-50(41)55-52(42)43)48-29-15-30-49-51(48)44-23-8-12-28-47(44)54(49)45-26-10-6-20-39(45)37-33-32-35-16-4-5-17-36(35)34-37/h1-34H. The number of para-hydroxylation sites is 4. The van der Waals surface area contributed by atoms with Crippen molar-refractivity contribution in [2.24, 2.45) is 0 Å². The maximum Gasteiger partial charge on any atom is 0.0562 e. The van der Waals surface area contributed by atoms with Crippen LogP contribution in [0, 0.1) is 0 Å². The van der Waals surface area contributed by atoms with Crippen molar-refractivity contribution in [3.05, 3.63) is 206 Å². The summed E-state index contributed by atoms with van der Waals surface area (Å²) in [4.78, 5) is 2.47. The van der Waals surface area contributed by atoms with E-state index >= 15 is 0 Å². The van der Waals surface area contributed by atoms with Crippen molar-refractivity contribution < 1.29 is 0 Å². The lowest BCUT2D eigenvalue weighted by Gasteiger charge is -2.29. The van der Waals surface area contributed by atoms with Gasteiger partial charge < -0.3 is 9.47 Å². The molecule has 258 valence electrons. The Balaban J connectivity index is 1.18. The molecule has 11 rings (SSSR count). The number of aromatic nitrogens is 1. The normalized spacial score (nSPS) is 11.6. The molecular formula is C52H34N2S. The highest BCUT2D eigenvalue weighted by molar-refractivity contribution is 7.26. The van der Waals surface area contributed by atoms with E-state index < -0.39 is 0 Å². The van der Waals surface area contributed by atoms with Gasteiger partial charge in [0.05, 0.1) is 28.1 Å². The number of hydrogen-bond acceptors (Lipinski definition) is 2. The second-order valence-corrected chi connectivity index (χ2v) is 15.1. The molecule has 0 spiro atoms. The highest BCUT2D eigenvalue weighted by atomic mass is 32.1. The first-order valence-corrected chi connectivity index (χ1v) is 19.6. The van der Waals surface area contributed by atoms with Crippen molar-refractivity contribution in [2.75, 3.05) is 4.90 Å². The van der Waals surface area contributed by atoms with E-state index in [1.54, 1.807) is 0 Å². The molecule has 3 heteroatoms. The first kappa shape index (κ1) is 31.6. The Hall–Kier alpha value is -6.94. The predicted molar refractivity (Wildman–Crippen MR) is 237 cm³/mol. The first-order chi connectivity index (χ1) is 27.3. The monoisotopic (exact) mass is 718 g/mol. The molecule has 0 atom stereocenters. The molecule has 2 aromatic heterocycles. The molecule has 0 aliphatic carbocycles. The zero-order valence-corrected chi connectivity index (χ0v) is 30.7. The smallest absolute Gasteiger partial charge is 0.0562 e. The molecule has 2 heterocycles. The van der Waals surface area contributed by atoms with Gasteiger partial charge in [-0.1, -0.05) is 152 Å². The maximum absolute atomic E-state index is 2.47. The second-order valence-electron chi connectivity index (χ2n) is 14.1. The van der Waals surface area contributed by atoms with Crippen LogP contribution >= 0.6 is 11.3 Å². The molecule has 0 saturated carbocycles. The van der Waals surface area contributed by atoms with Gasteiger partial charge >= 0.3 is 0 Å². The van der Waals surface area contributed by atoms with Gasteiger partial charge in [-0.05, 0) is 70.9 Å². The zero-order valence-electron chi connectivity index (χ0n) is 29.9. The van der Waals surface area contributed by atoms with Crippen LogP contribution < -0.4 is 4.90 Å². The Labute approximate surface area is 323 Å². The summed E-state index contributed by atoms with van der Waals surface area (Å²) in [5.41, 5.74) is 11.7. The average Bonchev–Trinajstić information content (AvgIpc) is 3.81. The fraction of sp³-hybridized carbons (Fsp3) is 0. The van der Waals surface area contributed by atoms with Crippen molar-refractivity contribution >= 4 is 81.1 Å². The van der Waals surface area contributed by atoms with E-state index in [9.17, 15) is 0 Å². The summed E-state index contributed by atoms with van der Waals surface area (Å²) in [6.07, 6.45) is 0. The third kappa shape index (κ3) is 5.09. The second kappa shape index (κ2) is 12.9. The van der Waals surface area contributed by atoms with Gasteiger partial charge in [0.1, 0.15) is 0 Å². The fourth-order valence-electron chi connectivity index (χ4n) is 8.56. The number of benzene rings is 9. The minimum absolute atomic E-state index is 1.11. The number of anilines is 3. The molecule has 0 saturated heterocycles. The van der Waals surface area contributed by atoms with Gasteiger partial charge in [0.25, 0.3) is 0 Å². The molecule has 2 nitrogen and oxygen atoms in total. The van der Waals surface area contributed by atoms with Crippen molar-refractivity contribution in [1.29, 1.82) is 0 Å². The van der Waals surface area contributed by atoms with E-state index in [0.29, 0.717) is 0 Å². The van der Waals surface area contributed by atoms with E-state index in [1.165, 1.54) is 69.5 Å². The summed E-state index contributed by atoms with van der Waals surface area (Å²) in [6, 6.07) is 75.2. The lowest BCUT2D eigenvalue weighted by atomic mass is 9.99. The summed E-state index contributed by atoms with van der Waals surface area (Å²) in [7, 11) is 0. The quantitative estimate of drug-likeness (QED) is 0.166. The molecule has 0 aliphatic rings. The number of nitrogens with zero attached hydrogens (tertiary/aromatic N) is 2. The Bertz CT molecular complexity index is 3220. The molecule has 9 aromatic carbocycles. The third-order valence-corrected chi connectivity index (χ3v) is 12.2. The fourth-order valence-corrected chi connectivity index (χ4v) is 9.79. The van der Waals surface area contributed by atoms with Crippen LogP contribution in [0.25, 0.3) is 80.7 Å². The first-order valence-electron chi connectivity index (χ1n) is 18.8. The van der Waals surface area contributed by atoms with E-state index in [4.69, 9.17) is 0 Å². The Morgan fingerprint density at radius 3 is 1.95 bits per heavy atom. The molecule has 55 heavy (non-hydrogen) atoms. The number of fused-ring (bicyclic) bond motifs is 7. The van der Waals surface area contributed by atoms with Crippen LogP contribution in [0.5, 0.6) is 0 Å². The van der Waals surface area contributed by atoms with Gasteiger partial charge in [-0.25, -0.2) is 0 Å². The largest absolute Gasteiger partial charge is 0.309 e. The minimum Gasteiger partial charge on any atom is -0.309 e. The molecule has 0 fully saturated rings. The van der Waals surface area contributed by atoms with E-state index in [2.05, 4.69) is 216 Å². The molecule has 0 aliphatic heterocycles. The van der Waals surface area contributed by atoms with E-state index in [-0.39, 0.29) is 0 Å². The van der Waals surface area contributed by atoms with Gasteiger partial charge in [-0.3, -0.25) is 0 Å². The van der Waals surface area contributed by atoms with Gasteiger partial charge in [0, 0.05) is 53.3 Å². The highest BCUT2D eigenvalue weighted by Gasteiger charge is 2.24. The topological polar surface area (TPSA) is 8.17 Å². The lowest BCUT2D eigenvalue weighted by molar-refractivity contribution is 1.18. The Kier molecular flexibility index (Phi) is 7.39. The van der Waals surface area contributed by atoms with E-state index in [1.807, 2.05) is 11.3 Å². The molecule has 0 bridgehead atoms. The summed E-state index contributed by atoms with van der Waals surface area (Å²) in [5, 5.41) is 7.52. The van der Waals surface area contributed by atoms with Crippen LogP contribution in [-0.2, 0) is 0 Å². The van der Waals surface area contributed by atoms with E-state index in [0.717, 1.165) is 28.3 Å². The SMILES string of the molecule is c1ccc(N(c2ccccc2-c2cccc3c2sc2ccccc23)c2cccc3c2c2ccccc2n3-c2ccccc2-c2ccc3ccccc3c2)cc1. The molecule has 0 N–H and O–H groups in total. The number of rotatable bonds is 6. The average molecular weight is 719 g/mol. The molecule has 0 unspecified atom stereocenters. The molecular weight excluding hydrogens is 685 g/mol. The van der Waals surface area contributed by atoms with Crippen LogP contribution in [0.2, 0.25) is 0 Å². The summed E-state index contributed by atoms with van der Waals surface area (Å²) in [6.45, 7) is 0. The van der Waals surface area contributed by atoms with Gasteiger partial charge in [0.15, 0.2) is 0 Å². The Morgan fingerprint density at radius 1 is 0.400 bits per heavy atom. The minimum atomic E-state index is 1.11. The van der Waals surface area contributed by atoms with Crippen LogP contribution in [-0.4, -0.2) is 4.57 Å². The van der Waals surface area contributed by atoms with Crippen LogP contribution in [0.1, 0.15) is 0 Å².